The molecular weight excluding hydrogens is 414 g/mol. The van der Waals surface area contributed by atoms with Crippen molar-refractivity contribution in [2.24, 2.45) is 0 Å². The Hall–Kier alpha value is -2.23. The minimum absolute atomic E-state index is 0.155. The molecule has 2 aromatic rings. The first-order valence-electron chi connectivity index (χ1n) is 10.7. The Kier molecular flexibility index (Phi) is 6.18. The lowest BCUT2D eigenvalue weighted by molar-refractivity contribution is 0.301. The number of methoxy groups -OCH3 is 1. The van der Waals surface area contributed by atoms with Gasteiger partial charge in [0.25, 0.3) is 0 Å². The number of fused-ring (bicyclic) bond motifs is 1. The monoisotopic (exact) mass is 445 g/mol. The molecule has 1 saturated heterocycles. The summed E-state index contributed by atoms with van der Waals surface area (Å²) in [6.07, 6.45) is 2.32. The van der Waals surface area contributed by atoms with Crippen LogP contribution < -0.4 is 10.1 Å². The molecule has 9 heteroatoms. The summed E-state index contributed by atoms with van der Waals surface area (Å²) in [6.45, 7) is 4.61. The van der Waals surface area contributed by atoms with Gasteiger partial charge in [-0.15, -0.1) is 0 Å². The van der Waals surface area contributed by atoms with Crippen molar-refractivity contribution in [2.45, 2.75) is 43.5 Å². The van der Waals surface area contributed by atoms with Crippen molar-refractivity contribution in [2.75, 3.05) is 46.2 Å². The van der Waals surface area contributed by atoms with E-state index in [4.69, 9.17) is 14.7 Å². The number of sulfonamides is 1. The first-order chi connectivity index (χ1) is 14.8. The summed E-state index contributed by atoms with van der Waals surface area (Å²) >= 11 is 0. The highest BCUT2D eigenvalue weighted by Gasteiger charge is 2.33. The first-order valence-corrected chi connectivity index (χ1v) is 12.2. The molecule has 31 heavy (non-hydrogen) atoms. The molecular formula is C22H31N5O3S. The van der Waals surface area contributed by atoms with Crippen LogP contribution in [0.25, 0.3) is 0 Å². The van der Waals surface area contributed by atoms with Gasteiger partial charge in [-0.05, 0) is 44.5 Å². The second kappa shape index (κ2) is 8.72. The molecule has 0 atom stereocenters. The molecule has 0 aliphatic carbocycles. The topological polar surface area (TPSA) is 87.7 Å². The lowest BCUT2D eigenvalue weighted by Crippen LogP contribution is -2.38. The fourth-order valence-corrected chi connectivity index (χ4v) is 6.15. The van der Waals surface area contributed by atoms with Gasteiger partial charge in [0.05, 0.1) is 12.8 Å². The molecule has 3 heterocycles. The van der Waals surface area contributed by atoms with Crippen LogP contribution in [0.3, 0.4) is 0 Å². The minimum atomic E-state index is -3.62. The summed E-state index contributed by atoms with van der Waals surface area (Å²) in [7, 11) is 1.88. The van der Waals surface area contributed by atoms with E-state index >= 15 is 0 Å². The molecule has 168 valence electrons. The van der Waals surface area contributed by atoms with Gasteiger partial charge in [0.2, 0.25) is 10.0 Å². The van der Waals surface area contributed by atoms with Crippen molar-refractivity contribution < 1.29 is 13.2 Å². The quantitative estimate of drug-likeness (QED) is 0.756. The molecule has 8 nitrogen and oxygen atoms in total. The van der Waals surface area contributed by atoms with Crippen molar-refractivity contribution in [1.29, 1.82) is 0 Å². The van der Waals surface area contributed by atoms with E-state index < -0.39 is 10.0 Å². The zero-order chi connectivity index (χ0) is 22.2. The number of benzene rings is 1. The van der Waals surface area contributed by atoms with E-state index in [9.17, 15) is 8.42 Å². The highest BCUT2D eigenvalue weighted by molar-refractivity contribution is 7.89. The predicted molar refractivity (Wildman–Crippen MR) is 120 cm³/mol. The van der Waals surface area contributed by atoms with Crippen LogP contribution in [0, 0.1) is 6.92 Å². The average molecular weight is 446 g/mol. The Labute approximate surface area is 184 Å². The van der Waals surface area contributed by atoms with Crippen LogP contribution in [0.1, 0.15) is 41.4 Å². The van der Waals surface area contributed by atoms with Gasteiger partial charge in [0, 0.05) is 51.1 Å². The molecule has 0 amide bonds. The Morgan fingerprint density at radius 2 is 1.90 bits per heavy atom. The molecule has 0 radical (unpaired) electrons. The van der Waals surface area contributed by atoms with E-state index in [1.54, 1.807) is 16.4 Å². The summed E-state index contributed by atoms with van der Waals surface area (Å²) in [6, 6.07) is 5.25. The van der Waals surface area contributed by atoms with Gasteiger partial charge in [-0.25, -0.2) is 18.4 Å². The number of anilines is 1. The van der Waals surface area contributed by atoms with E-state index in [1.165, 1.54) is 12.7 Å². The van der Waals surface area contributed by atoms with Crippen molar-refractivity contribution >= 4 is 15.8 Å². The summed E-state index contributed by atoms with van der Waals surface area (Å²) < 4.78 is 33.5. The number of aryl methyl sites for hydroxylation is 1. The van der Waals surface area contributed by atoms with Gasteiger partial charge in [-0.3, -0.25) is 0 Å². The maximum atomic E-state index is 13.3. The first kappa shape index (κ1) is 22.0. The molecule has 4 rings (SSSR count). The zero-order valence-corrected chi connectivity index (χ0v) is 19.5. The van der Waals surface area contributed by atoms with E-state index in [0.29, 0.717) is 31.7 Å². The van der Waals surface area contributed by atoms with Crippen LogP contribution in [0.15, 0.2) is 23.1 Å². The van der Waals surface area contributed by atoms with Crippen molar-refractivity contribution in [3.63, 3.8) is 0 Å². The van der Waals surface area contributed by atoms with Crippen LogP contribution in [-0.4, -0.2) is 68.4 Å². The number of piperidine rings is 1. The smallest absolute Gasteiger partial charge is 0.246 e. The van der Waals surface area contributed by atoms with Gasteiger partial charge in [-0.2, -0.15) is 4.31 Å². The largest absolute Gasteiger partial charge is 0.495 e. The van der Waals surface area contributed by atoms with Crippen molar-refractivity contribution in [3.05, 3.63) is 40.8 Å². The number of hydrogen-bond acceptors (Lipinski definition) is 7. The Bertz CT molecular complexity index is 1050. The summed E-state index contributed by atoms with van der Waals surface area (Å²) in [5.74, 6) is 2.27. The summed E-state index contributed by atoms with van der Waals surface area (Å²) in [5, 5.41) is 3.23. The third-order valence-corrected chi connectivity index (χ3v) is 8.18. The molecule has 2 aliphatic heterocycles. The Morgan fingerprint density at radius 3 is 2.58 bits per heavy atom. The van der Waals surface area contributed by atoms with Gasteiger partial charge >= 0.3 is 0 Å². The van der Waals surface area contributed by atoms with E-state index in [-0.39, 0.29) is 10.8 Å². The standard InChI is InChI=1S/C22H31N5O3S/c1-15-5-6-19(30-4)20(13-15)31(28,29)27-11-7-16(8-12-27)21-24-18-9-10-26(3)14-17(18)22(23-2)25-21/h5-6,13,16H,7-12,14H2,1-4H3,(H,23,24,25). The second-order valence-electron chi connectivity index (χ2n) is 8.43. The third-order valence-electron chi connectivity index (χ3n) is 6.26. The fraction of sp³-hybridized carbons (Fsp3) is 0.545. The number of nitrogens with one attached hydrogen (secondary N) is 1. The average Bonchev–Trinajstić information content (AvgIpc) is 2.78. The van der Waals surface area contributed by atoms with Crippen LogP contribution >= 0.6 is 0 Å². The normalized spacial score (nSPS) is 18.6. The minimum Gasteiger partial charge on any atom is -0.495 e. The van der Waals surface area contributed by atoms with Crippen molar-refractivity contribution in [3.8, 4) is 5.75 Å². The van der Waals surface area contributed by atoms with Gasteiger partial charge < -0.3 is 15.0 Å². The van der Waals surface area contributed by atoms with E-state index in [0.717, 1.165) is 42.4 Å². The molecule has 0 unspecified atom stereocenters. The molecule has 1 aromatic carbocycles. The highest BCUT2D eigenvalue weighted by Crippen LogP contribution is 2.34. The van der Waals surface area contributed by atoms with Crippen LogP contribution in [0.2, 0.25) is 0 Å². The third kappa shape index (κ3) is 4.26. The number of nitrogens with zero attached hydrogens (tertiary/aromatic N) is 4. The Morgan fingerprint density at radius 1 is 1.16 bits per heavy atom. The SMILES string of the molecule is CNc1nc(C2CCN(S(=O)(=O)c3cc(C)ccc3OC)CC2)nc2c1CN(C)CC2. The van der Waals surface area contributed by atoms with Crippen molar-refractivity contribution in [1.82, 2.24) is 19.2 Å². The maximum Gasteiger partial charge on any atom is 0.246 e. The van der Waals surface area contributed by atoms with Crippen LogP contribution in [0.5, 0.6) is 5.75 Å². The zero-order valence-electron chi connectivity index (χ0n) is 18.7. The molecule has 0 spiro atoms. The predicted octanol–water partition coefficient (Wildman–Crippen LogP) is 2.39. The summed E-state index contributed by atoms with van der Waals surface area (Å²) in [4.78, 5) is 12.2. The lowest BCUT2D eigenvalue weighted by atomic mass is 9.96. The molecule has 0 bridgehead atoms. The van der Waals surface area contributed by atoms with Gasteiger partial charge in [0.1, 0.15) is 22.3 Å². The highest BCUT2D eigenvalue weighted by atomic mass is 32.2. The number of hydrogen-bond donors (Lipinski definition) is 1. The summed E-state index contributed by atoms with van der Waals surface area (Å²) in [5.41, 5.74) is 3.18. The Balaban J connectivity index is 1.54. The maximum absolute atomic E-state index is 13.3. The number of rotatable bonds is 5. The molecule has 1 N–H and O–H groups in total. The molecule has 0 saturated carbocycles. The number of ether oxygens (including phenoxy) is 1. The van der Waals surface area contributed by atoms with Gasteiger partial charge in [0.15, 0.2) is 0 Å². The van der Waals surface area contributed by atoms with Crippen LogP contribution in [0.4, 0.5) is 5.82 Å². The number of likely N-dealkylation sites (N-methyl/N-ethyl adjacent to an activating group) is 1. The second-order valence-corrected chi connectivity index (χ2v) is 10.3. The van der Waals surface area contributed by atoms with E-state index in [2.05, 4.69) is 17.3 Å². The van der Waals surface area contributed by atoms with Crippen LogP contribution in [-0.2, 0) is 23.0 Å². The molecule has 1 fully saturated rings. The fourth-order valence-electron chi connectivity index (χ4n) is 4.44. The van der Waals surface area contributed by atoms with Gasteiger partial charge in [-0.1, -0.05) is 6.07 Å². The number of aromatic nitrogens is 2. The molecule has 2 aliphatic rings. The van der Waals surface area contributed by atoms with E-state index in [1.807, 2.05) is 20.0 Å². The lowest BCUT2D eigenvalue weighted by Gasteiger charge is -2.32. The molecule has 1 aromatic heterocycles.